The molecule has 1 N–H and O–H groups in total. The number of nitrogens with one attached hydrogen (secondary N) is 1. The molecule has 0 radical (unpaired) electrons. The van der Waals surface area contributed by atoms with Gasteiger partial charge in [0.1, 0.15) is 0 Å². The third-order valence-corrected chi connectivity index (χ3v) is 4.76. The van der Waals surface area contributed by atoms with Crippen LogP contribution in [0.4, 0.5) is 0 Å². The second kappa shape index (κ2) is 7.82. The summed E-state index contributed by atoms with van der Waals surface area (Å²) in [5.41, 5.74) is 1.41. The molecule has 3 unspecified atom stereocenters. The zero-order chi connectivity index (χ0) is 14.4. The fraction of sp³-hybridized carbons (Fsp3) is 0.824. The molecule has 2 rings (SSSR count). The summed E-state index contributed by atoms with van der Waals surface area (Å²) in [6, 6.07) is 0.707. The normalized spacial score (nSPS) is 26.9. The van der Waals surface area contributed by atoms with Crippen LogP contribution in [0.3, 0.4) is 0 Å². The average Bonchev–Trinajstić information content (AvgIpc) is 2.90. The molecule has 0 amide bonds. The predicted octanol–water partition coefficient (Wildman–Crippen LogP) is 3.64. The Morgan fingerprint density at radius 1 is 1.30 bits per heavy atom. The summed E-state index contributed by atoms with van der Waals surface area (Å²) in [5.74, 6) is 1.73. The van der Waals surface area contributed by atoms with E-state index in [1.54, 1.807) is 0 Å². The summed E-state index contributed by atoms with van der Waals surface area (Å²) in [5, 5.41) is 8.13. The molecule has 3 heteroatoms. The van der Waals surface area contributed by atoms with E-state index in [1.807, 2.05) is 4.68 Å². The van der Waals surface area contributed by atoms with Crippen LogP contribution in [0.1, 0.15) is 58.4 Å². The number of aromatic nitrogens is 2. The molecule has 1 aromatic rings. The molecule has 0 bridgehead atoms. The van der Waals surface area contributed by atoms with Crippen molar-refractivity contribution in [2.75, 3.05) is 6.54 Å². The van der Waals surface area contributed by atoms with Gasteiger partial charge in [-0.15, -0.1) is 0 Å². The van der Waals surface area contributed by atoms with Crippen molar-refractivity contribution in [2.45, 2.75) is 71.9 Å². The number of nitrogens with zero attached hydrogens (tertiary/aromatic N) is 2. The van der Waals surface area contributed by atoms with E-state index in [2.05, 4.69) is 43.6 Å². The van der Waals surface area contributed by atoms with Crippen LogP contribution >= 0.6 is 0 Å². The molecule has 1 aliphatic carbocycles. The molecule has 3 nitrogen and oxygen atoms in total. The van der Waals surface area contributed by atoms with Gasteiger partial charge in [-0.2, -0.15) is 5.10 Å². The van der Waals surface area contributed by atoms with E-state index in [0.29, 0.717) is 6.04 Å². The highest BCUT2D eigenvalue weighted by Gasteiger charge is 2.29. The summed E-state index contributed by atoms with van der Waals surface area (Å²) in [7, 11) is 0. The van der Waals surface area contributed by atoms with E-state index in [4.69, 9.17) is 0 Å². The van der Waals surface area contributed by atoms with E-state index >= 15 is 0 Å². The van der Waals surface area contributed by atoms with Crippen molar-refractivity contribution in [3.05, 3.63) is 18.0 Å². The zero-order valence-electron chi connectivity index (χ0n) is 13.4. The highest BCUT2D eigenvalue weighted by atomic mass is 15.3. The van der Waals surface area contributed by atoms with Crippen LogP contribution in [0.25, 0.3) is 0 Å². The van der Waals surface area contributed by atoms with Gasteiger partial charge in [-0.3, -0.25) is 4.68 Å². The van der Waals surface area contributed by atoms with Crippen molar-refractivity contribution in [3.8, 4) is 0 Å². The molecule has 114 valence electrons. The minimum atomic E-state index is 0.707. The summed E-state index contributed by atoms with van der Waals surface area (Å²) in [6.45, 7) is 8.75. The Morgan fingerprint density at radius 3 is 2.80 bits per heavy atom. The lowest BCUT2D eigenvalue weighted by Crippen LogP contribution is -2.41. The smallest absolute Gasteiger partial charge is 0.0521 e. The minimum absolute atomic E-state index is 0.707. The number of aryl methyl sites for hydroxylation is 1. The Balaban J connectivity index is 1.98. The van der Waals surface area contributed by atoms with Crippen molar-refractivity contribution in [1.82, 2.24) is 15.1 Å². The maximum atomic E-state index is 4.42. The number of hydrogen-bond donors (Lipinski definition) is 1. The SMILES string of the molecule is CCCC1CCC(NCC)C(Cc2cnn(CC)c2)C1. The Hall–Kier alpha value is -0.830. The summed E-state index contributed by atoms with van der Waals surface area (Å²) >= 11 is 0. The lowest BCUT2D eigenvalue weighted by molar-refractivity contribution is 0.195. The lowest BCUT2D eigenvalue weighted by atomic mass is 9.74. The van der Waals surface area contributed by atoms with Crippen LogP contribution in [-0.2, 0) is 13.0 Å². The zero-order valence-corrected chi connectivity index (χ0v) is 13.4. The van der Waals surface area contributed by atoms with Gasteiger partial charge in [0, 0.05) is 18.8 Å². The Morgan fingerprint density at radius 2 is 2.15 bits per heavy atom. The van der Waals surface area contributed by atoms with E-state index < -0.39 is 0 Å². The van der Waals surface area contributed by atoms with Gasteiger partial charge in [0.05, 0.1) is 6.20 Å². The Labute approximate surface area is 124 Å². The highest BCUT2D eigenvalue weighted by Crippen LogP contribution is 2.34. The van der Waals surface area contributed by atoms with Crippen molar-refractivity contribution >= 4 is 0 Å². The number of rotatable bonds is 7. The highest BCUT2D eigenvalue weighted by molar-refractivity contribution is 5.07. The average molecular weight is 277 g/mol. The quantitative estimate of drug-likeness (QED) is 0.824. The van der Waals surface area contributed by atoms with Crippen molar-refractivity contribution in [2.24, 2.45) is 11.8 Å². The number of hydrogen-bond acceptors (Lipinski definition) is 2. The van der Waals surface area contributed by atoms with Crippen LogP contribution in [-0.4, -0.2) is 22.4 Å². The summed E-state index contributed by atoms with van der Waals surface area (Å²) < 4.78 is 2.05. The van der Waals surface area contributed by atoms with Gasteiger partial charge in [-0.25, -0.2) is 0 Å². The van der Waals surface area contributed by atoms with Crippen LogP contribution in [0, 0.1) is 11.8 Å². The predicted molar refractivity (Wildman–Crippen MR) is 84.8 cm³/mol. The van der Waals surface area contributed by atoms with Gasteiger partial charge in [0.2, 0.25) is 0 Å². The molecule has 1 fully saturated rings. The summed E-state index contributed by atoms with van der Waals surface area (Å²) in [6.07, 6.45) is 12.4. The van der Waals surface area contributed by atoms with Gasteiger partial charge in [0.25, 0.3) is 0 Å². The Kier molecular flexibility index (Phi) is 6.08. The Bertz CT molecular complexity index is 385. The maximum Gasteiger partial charge on any atom is 0.0521 e. The van der Waals surface area contributed by atoms with Gasteiger partial charge < -0.3 is 5.32 Å². The van der Waals surface area contributed by atoms with Crippen molar-refractivity contribution in [3.63, 3.8) is 0 Å². The van der Waals surface area contributed by atoms with Crippen molar-refractivity contribution in [1.29, 1.82) is 0 Å². The molecule has 3 atom stereocenters. The first-order valence-electron chi connectivity index (χ1n) is 8.51. The molecule has 1 saturated carbocycles. The van der Waals surface area contributed by atoms with Crippen LogP contribution < -0.4 is 5.32 Å². The fourth-order valence-electron chi connectivity index (χ4n) is 3.78. The second-order valence-corrected chi connectivity index (χ2v) is 6.30. The van der Waals surface area contributed by atoms with E-state index in [0.717, 1.165) is 24.9 Å². The first-order valence-corrected chi connectivity index (χ1v) is 8.51. The van der Waals surface area contributed by atoms with E-state index in [1.165, 1.54) is 44.1 Å². The van der Waals surface area contributed by atoms with Gasteiger partial charge in [-0.1, -0.05) is 26.7 Å². The second-order valence-electron chi connectivity index (χ2n) is 6.30. The van der Waals surface area contributed by atoms with Crippen LogP contribution in [0.15, 0.2) is 12.4 Å². The minimum Gasteiger partial charge on any atom is -0.314 e. The monoisotopic (exact) mass is 277 g/mol. The molecule has 1 aliphatic rings. The van der Waals surface area contributed by atoms with E-state index in [9.17, 15) is 0 Å². The van der Waals surface area contributed by atoms with E-state index in [-0.39, 0.29) is 0 Å². The molecule has 0 spiro atoms. The maximum absolute atomic E-state index is 4.42. The van der Waals surface area contributed by atoms with Crippen molar-refractivity contribution < 1.29 is 0 Å². The molecular weight excluding hydrogens is 246 g/mol. The van der Waals surface area contributed by atoms with Gasteiger partial charge in [-0.05, 0) is 56.6 Å². The molecule has 1 heterocycles. The standard InChI is InChI=1S/C17H31N3/c1-4-7-14-8-9-17(18-5-2)16(10-14)11-15-12-19-20(6-3)13-15/h12-14,16-18H,4-11H2,1-3H3. The molecule has 0 aliphatic heterocycles. The van der Waals surface area contributed by atoms with Crippen LogP contribution in [0.2, 0.25) is 0 Å². The topological polar surface area (TPSA) is 29.9 Å². The lowest BCUT2D eigenvalue weighted by Gasteiger charge is -2.36. The molecular formula is C17H31N3. The first kappa shape index (κ1) is 15.6. The third-order valence-electron chi connectivity index (χ3n) is 4.76. The third kappa shape index (κ3) is 4.08. The molecule has 20 heavy (non-hydrogen) atoms. The van der Waals surface area contributed by atoms with Crippen LogP contribution in [0.5, 0.6) is 0 Å². The largest absolute Gasteiger partial charge is 0.314 e. The van der Waals surface area contributed by atoms with Gasteiger partial charge in [0.15, 0.2) is 0 Å². The molecule has 0 aromatic carbocycles. The molecule has 0 saturated heterocycles. The van der Waals surface area contributed by atoms with Gasteiger partial charge >= 0.3 is 0 Å². The first-order chi connectivity index (χ1) is 9.76. The molecule has 1 aromatic heterocycles. The fourth-order valence-corrected chi connectivity index (χ4v) is 3.78. The summed E-state index contributed by atoms with van der Waals surface area (Å²) in [4.78, 5) is 0.